The van der Waals surface area contributed by atoms with Gasteiger partial charge in [0.15, 0.2) is 5.75 Å². The summed E-state index contributed by atoms with van der Waals surface area (Å²) in [4.78, 5) is 34.5. The summed E-state index contributed by atoms with van der Waals surface area (Å²) in [7, 11) is 0. The number of nitrogens with zero attached hydrogens (tertiary/aromatic N) is 1. The van der Waals surface area contributed by atoms with Gasteiger partial charge in [-0.3, -0.25) is 15.0 Å². The van der Waals surface area contributed by atoms with Gasteiger partial charge in [-0.15, -0.1) is 13.2 Å². The number of urea groups is 1. The van der Waals surface area contributed by atoms with Crippen molar-refractivity contribution in [1.82, 2.24) is 5.32 Å². The molecule has 1 aromatic rings. The number of carboxylic acids is 1. The number of hydrogen-bond acceptors (Lipinski definition) is 4. The van der Waals surface area contributed by atoms with E-state index in [0.717, 1.165) is 23.1 Å². The Kier molecular flexibility index (Phi) is 3.93. The number of alkyl halides is 3. The quantitative estimate of drug-likeness (QED) is 0.885. The van der Waals surface area contributed by atoms with Gasteiger partial charge in [0.25, 0.3) is 0 Å². The topological polar surface area (TPSA) is 95.9 Å². The Labute approximate surface area is 121 Å². The molecule has 0 bridgehead atoms. The molecule has 7 nitrogen and oxygen atoms in total. The molecule has 1 saturated heterocycles. The summed E-state index contributed by atoms with van der Waals surface area (Å²) in [5, 5.41) is 10.8. The van der Waals surface area contributed by atoms with E-state index in [0.29, 0.717) is 0 Å². The van der Waals surface area contributed by atoms with Crippen LogP contribution in [0.25, 0.3) is 0 Å². The molecule has 0 unspecified atom stereocenters. The summed E-state index contributed by atoms with van der Waals surface area (Å²) < 4.78 is 41.0. The van der Waals surface area contributed by atoms with Crippen LogP contribution in [0.1, 0.15) is 16.8 Å². The molecule has 1 heterocycles. The molecular formula is C12H9F3N2O5. The zero-order chi connectivity index (χ0) is 16.5. The van der Waals surface area contributed by atoms with Crippen molar-refractivity contribution in [3.63, 3.8) is 0 Å². The molecule has 0 saturated carbocycles. The van der Waals surface area contributed by atoms with Crippen LogP contribution >= 0.6 is 0 Å². The Morgan fingerprint density at radius 2 is 2.00 bits per heavy atom. The second-order valence-electron chi connectivity index (χ2n) is 4.29. The molecule has 0 aliphatic carbocycles. The lowest BCUT2D eigenvalue weighted by atomic mass is 10.1. The van der Waals surface area contributed by atoms with E-state index in [1.165, 1.54) is 0 Å². The fourth-order valence-electron chi connectivity index (χ4n) is 1.87. The lowest BCUT2D eigenvalue weighted by Crippen LogP contribution is -2.49. The molecular weight excluding hydrogens is 309 g/mol. The number of ether oxygens (including phenoxy) is 1. The van der Waals surface area contributed by atoms with Crippen molar-refractivity contribution in [2.24, 2.45) is 0 Å². The Morgan fingerprint density at radius 3 is 2.55 bits per heavy atom. The predicted molar refractivity (Wildman–Crippen MR) is 65.6 cm³/mol. The lowest BCUT2D eigenvalue weighted by molar-refractivity contribution is -0.274. The van der Waals surface area contributed by atoms with Crippen molar-refractivity contribution in [2.45, 2.75) is 12.8 Å². The number of carbonyl (C=O) groups is 3. The fourth-order valence-corrected chi connectivity index (χ4v) is 1.87. The SMILES string of the molecule is O=C1CCN(c2cc(C(=O)O)ccc2OC(F)(F)F)C(=O)N1. The fraction of sp³-hybridized carbons (Fsp3) is 0.250. The lowest BCUT2D eigenvalue weighted by Gasteiger charge is -2.28. The number of benzene rings is 1. The Hall–Kier alpha value is -2.78. The Balaban J connectivity index is 2.45. The smallest absolute Gasteiger partial charge is 0.478 e. The van der Waals surface area contributed by atoms with E-state index in [2.05, 4.69) is 4.74 Å². The number of hydrogen-bond donors (Lipinski definition) is 2. The zero-order valence-electron chi connectivity index (χ0n) is 10.8. The van der Waals surface area contributed by atoms with E-state index < -0.39 is 30.0 Å². The van der Waals surface area contributed by atoms with E-state index in [1.54, 1.807) is 0 Å². The maximum atomic E-state index is 12.4. The van der Waals surface area contributed by atoms with Crippen molar-refractivity contribution < 1.29 is 37.4 Å². The highest BCUT2D eigenvalue weighted by atomic mass is 19.4. The molecule has 2 rings (SSSR count). The van der Waals surface area contributed by atoms with Gasteiger partial charge in [-0.1, -0.05) is 0 Å². The Morgan fingerprint density at radius 1 is 1.32 bits per heavy atom. The van der Waals surface area contributed by atoms with Crippen LogP contribution in [0.2, 0.25) is 0 Å². The van der Waals surface area contributed by atoms with Crippen LogP contribution in [0, 0.1) is 0 Å². The minimum Gasteiger partial charge on any atom is -0.478 e. The van der Waals surface area contributed by atoms with Crippen LogP contribution in [-0.4, -0.2) is 35.9 Å². The first-order valence-corrected chi connectivity index (χ1v) is 5.92. The average molecular weight is 318 g/mol. The highest BCUT2D eigenvalue weighted by Crippen LogP contribution is 2.34. The van der Waals surface area contributed by atoms with E-state index in [9.17, 15) is 27.6 Å². The molecule has 0 radical (unpaired) electrons. The highest BCUT2D eigenvalue weighted by Gasteiger charge is 2.35. The predicted octanol–water partition coefficient (Wildman–Crippen LogP) is 1.73. The largest absolute Gasteiger partial charge is 0.573 e. The van der Waals surface area contributed by atoms with Gasteiger partial charge < -0.3 is 9.84 Å². The maximum Gasteiger partial charge on any atom is 0.573 e. The van der Waals surface area contributed by atoms with E-state index in [-0.39, 0.29) is 24.2 Å². The number of anilines is 1. The summed E-state index contributed by atoms with van der Waals surface area (Å²) in [6, 6.07) is 1.64. The van der Waals surface area contributed by atoms with Gasteiger partial charge in [0.05, 0.1) is 11.3 Å². The molecule has 3 amide bonds. The van der Waals surface area contributed by atoms with E-state index in [1.807, 2.05) is 5.32 Å². The van der Waals surface area contributed by atoms with E-state index >= 15 is 0 Å². The third-order valence-electron chi connectivity index (χ3n) is 2.78. The standard InChI is InChI=1S/C12H9F3N2O5/c13-12(14,15)22-8-2-1-6(10(19)20)5-7(8)17-4-3-9(18)16-11(17)21/h1-2,5H,3-4H2,(H,19,20)(H,16,18,21). The number of imide groups is 1. The summed E-state index contributed by atoms with van der Waals surface area (Å²) in [5.74, 6) is -2.69. The summed E-state index contributed by atoms with van der Waals surface area (Å²) in [5.41, 5.74) is -0.712. The highest BCUT2D eigenvalue weighted by molar-refractivity contribution is 6.06. The van der Waals surface area contributed by atoms with Gasteiger partial charge >= 0.3 is 18.4 Å². The number of amides is 3. The van der Waals surface area contributed by atoms with Gasteiger partial charge in [0.1, 0.15) is 0 Å². The van der Waals surface area contributed by atoms with Crippen LogP contribution in [-0.2, 0) is 4.79 Å². The summed E-state index contributed by atoms with van der Waals surface area (Å²) in [6.45, 7) is -0.193. The Bertz CT molecular complexity index is 644. The molecule has 1 aliphatic rings. The first kappa shape index (κ1) is 15.6. The maximum absolute atomic E-state index is 12.4. The molecule has 118 valence electrons. The molecule has 1 aliphatic heterocycles. The van der Waals surface area contributed by atoms with E-state index in [4.69, 9.17) is 5.11 Å². The second-order valence-corrected chi connectivity index (χ2v) is 4.29. The van der Waals surface area contributed by atoms with Crippen LogP contribution in [0.3, 0.4) is 0 Å². The number of halogens is 3. The van der Waals surface area contributed by atoms with Crippen LogP contribution in [0.5, 0.6) is 5.75 Å². The molecule has 1 fully saturated rings. The monoisotopic (exact) mass is 318 g/mol. The molecule has 22 heavy (non-hydrogen) atoms. The summed E-state index contributed by atoms with van der Waals surface area (Å²) in [6.07, 6.45) is -5.14. The van der Waals surface area contributed by atoms with Crippen molar-refractivity contribution in [3.8, 4) is 5.75 Å². The van der Waals surface area contributed by atoms with Gasteiger partial charge in [0.2, 0.25) is 5.91 Å². The van der Waals surface area contributed by atoms with Crippen LogP contribution in [0.4, 0.5) is 23.7 Å². The zero-order valence-corrected chi connectivity index (χ0v) is 10.8. The number of aromatic carboxylic acids is 1. The molecule has 2 N–H and O–H groups in total. The molecule has 0 aromatic heterocycles. The molecule has 0 spiro atoms. The number of carboxylic acid groups (broad SMARTS) is 1. The van der Waals surface area contributed by atoms with Crippen molar-refractivity contribution in [1.29, 1.82) is 0 Å². The average Bonchev–Trinajstić information content (AvgIpc) is 2.37. The molecule has 1 aromatic carbocycles. The molecule has 10 heteroatoms. The van der Waals surface area contributed by atoms with Gasteiger partial charge in [-0.05, 0) is 18.2 Å². The summed E-state index contributed by atoms with van der Waals surface area (Å²) >= 11 is 0. The third-order valence-corrected chi connectivity index (χ3v) is 2.78. The third kappa shape index (κ3) is 3.45. The first-order valence-electron chi connectivity index (χ1n) is 5.92. The van der Waals surface area contributed by atoms with Crippen LogP contribution in [0.15, 0.2) is 18.2 Å². The van der Waals surface area contributed by atoms with Crippen molar-refractivity contribution in [2.75, 3.05) is 11.4 Å². The minimum atomic E-state index is -5.01. The van der Waals surface area contributed by atoms with Crippen molar-refractivity contribution in [3.05, 3.63) is 23.8 Å². The first-order chi connectivity index (χ1) is 10.2. The molecule has 0 atom stereocenters. The van der Waals surface area contributed by atoms with Crippen molar-refractivity contribution >= 4 is 23.6 Å². The number of carbonyl (C=O) groups excluding carboxylic acids is 2. The second kappa shape index (κ2) is 5.54. The number of nitrogens with one attached hydrogen (secondary N) is 1. The van der Waals surface area contributed by atoms with Gasteiger partial charge in [0, 0.05) is 13.0 Å². The van der Waals surface area contributed by atoms with Crippen LogP contribution < -0.4 is 15.0 Å². The normalized spacial score (nSPS) is 15.5. The number of rotatable bonds is 3. The minimum absolute atomic E-state index is 0.130. The van der Waals surface area contributed by atoms with Gasteiger partial charge in [-0.2, -0.15) is 0 Å². The van der Waals surface area contributed by atoms with Gasteiger partial charge in [-0.25, -0.2) is 9.59 Å².